The van der Waals surface area contributed by atoms with Gasteiger partial charge >= 0.3 is 11.7 Å². The minimum Gasteiger partial charge on any atom is -0.461 e. The van der Waals surface area contributed by atoms with Crippen LogP contribution in [0.25, 0.3) is 6.08 Å². The predicted octanol–water partition coefficient (Wildman–Crippen LogP) is -0.463. The molecular weight excluding hydrogens is 288 g/mol. The molecule has 116 valence electrons. The zero-order chi connectivity index (χ0) is 16.1. The summed E-state index contributed by atoms with van der Waals surface area (Å²) in [5.74, 6) is -0.567. The lowest BCUT2D eigenvalue weighted by molar-refractivity contribution is -0.138. The molecule has 2 heterocycles. The largest absolute Gasteiger partial charge is 0.461 e. The molecule has 0 saturated carbocycles. The van der Waals surface area contributed by atoms with Gasteiger partial charge in [-0.3, -0.25) is 14.0 Å². The van der Waals surface area contributed by atoms with Crippen LogP contribution in [-0.2, 0) is 30.2 Å². The van der Waals surface area contributed by atoms with Crippen LogP contribution >= 0.6 is 0 Å². The first-order chi connectivity index (χ1) is 10.5. The lowest BCUT2D eigenvalue weighted by Gasteiger charge is -2.04. The minimum absolute atomic E-state index is 0.177. The number of ether oxygens (including phenoxy) is 1. The summed E-state index contributed by atoms with van der Waals surface area (Å²) >= 11 is 0. The summed E-state index contributed by atoms with van der Waals surface area (Å²) in [6, 6.07) is 1.77. The van der Waals surface area contributed by atoms with E-state index in [4.69, 9.17) is 4.74 Å². The summed E-state index contributed by atoms with van der Waals surface area (Å²) in [4.78, 5) is 35.0. The molecular formula is C14H16N4O4. The number of carbonyl (C=O) groups excluding carboxylic acids is 1. The van der Waals surface area contributed by atoms with E-state index < -0.39 is 17.2 Å². The molecule has 2 rings (SSSR count). The van der Waals surface area contributed by atoms with E-state index in [1.165, 1.54) is 30.9 Å². The van der Waals surface area contributed by atoms with Crippen LogP contribution < -0.4 is 11.2 Å². The van der Waals surface area contributed by atoms with Crippen LogP contribution in [-0.4, -0.2) is 31.5 Å². The number of esters is 1. The molecule has 0 aromatic carbocycles. The van der Waals surface area contributed by atoms with Gasteiger partial charge in [-0.25, -0.2) is 9.59 Å². The fourth-order valence-electron chi connectivity index (χ4n) is 1.83. The van der Waals surface area contributed by atoms with Crippen molar-refractivity contribution in [1.82, 2.24) is 18.9 Å². The molecule has 0 radical (unpaired) electrons. The predicted molar refractivity (Wildman–Crippen MR) is 79.1 cm³/mol. The standard InChI is InChI=1S/C14H16N4O4/c1-16-10-11(13(20)17(2)14(16)21)4-5-12(19)22-9-8-18-7-3-6-15-18/h3-7,10H,8-9H2,1-2H3/b5-4+. The fraction of sp³-hybridized carbons (Fsp3) is 0.286. The Kier molecular flexibility index (Phi) is 4.72. The van der Waals surface area contributed by atoms with Gasteiger partial charge in [-0.05, 0) is 12.1 Å². The molecule has 0 aliphatic rings. The molecule has 2 aromatic rings. The van der Waals surface area contributed by atoms with Gasteiger partial charge in [0.2, 0.25) is 0 Å². The van der Waals surface area contributed by atoms with E-state index in [-0.39, 0.29) is 12.2 Å². The Labute approximate surface area is 125 Å². The molecule has 0 fully saturated rings. The quantitative estimate of drug-likeness (QED) is 0.551. The molecule has 8 nitrogen and oxygen atoms in total. The normalized spacial score (nSPS) is 11.0. The molecule has 22 heavy (non-hydrogen) atoms. The summed E-state index contributed by atoms with van der Waals surface area (Å²) in [6.45, 7) is 0.629. The van der Waals surface area contributed by atoms with E-state index in [1.807, 2.05) is 0 Å². The second-order valence-corrected chi connectivity index (χ2v) is 4.61. The van der Waals surface area contributed by atoms with Crippen molar-refractivity contribution < 1.29 is 9.53 Å². The third-order valence-corrected chi connectivity index (χ3v) is 3.00. The van der Waals surface area contributed by atoms with E-state index in [0.717, 1.165) is 10.6 Å². The van der Waals surface area contributed by atoms with Crippen molar-refractivity contribution >= 4 is 12.0 Å². The summed E-state index contributed by atoms with van der Waals surface area (Å²) in [7, 11) is 2.91. The number of aryl methyl sites for hydroxylation is 1. The molecule has 8 heteroatoms. The first-order valence-electron chi connectivity index (χ1n) is 6.58. The number of aromatic nitrogens is 4. The Bertz CT molecular complexity index is 799. The zero-order valence-electron chi connectivity index (χ0n) is 12.3. The number of nitrogens with zero attached hydrogens (tertiary/aromatic N) is 4. The maximum Gasteiger partial charge on any atom is 0.330 e. The van der Waals surface area contributed by atoms with Crippen molar-refractivity contribution in [3.63, 3.8) is 0 Å². The molecule has 0 aliphatic carbocycles. The third-order valence-electron chi connectivity index (χ3n) is 3.00. The van der Waals surface area contributed by atoms with Crippen molar-refractivity contribution in [1.29, 1.82) is 0 Å². The van der Waals surface area contributed by atoms with Gasteiger partial charge in [-0.1, -0.05) is 0 Å². The van der Waals surface area contributed by atoms with Gasteiger partial charge in [0.05, 0.1) is 12.1 Å². The Hall–Kier alpha value is -2.90. The Morgan fingerprint density at radius 3 is 2.82 bits per heavy atom. The van der Waals surface area contributed by atoms with Gasteiger partial charge in [-0.15, -0.1) is 0 Å². The Morgan fingerprint density at radius 2 is 2.14 bits per heavy atom. The molecule has 0 saturated heterocycles. The Morgan fingerprint density at radius 1 is 1.36 bits per heavy atom. The average Bonchev–Trinajstić information content (AvgIpc) is 3.01. The first-order valence-corrected chi connectivity index (χ1v) is 6.58. The lowest BCUT2D eigenvalue weighted by atomic mass is 10.3. The van der Waals surface area contributed by atoms with E-state index in [9.17, 15) is 14.4 Å². The van der Waals surface area contributed by atoms with Crippen molar-refractivity contribution in [2.75, 3.05) is 6.61 Å². The molecule has 0 aliphatic heterocycles. The van der Waals surface area contributed by atoms with Gasteiger partial charge in [-0.2, -0.15) is 5.10 Å². The highest BCUT2D eigenvalue weighted by Crippen LogP contribution is 1.94. The second kappa shape index (κ2) is 6.70. The van der Waals surface area contributed by atoms with Gasteiger partial charge in [0.15, 0.2) is 0 Å². The highest BCUT2D eigenvalue weighted by molar-refractivity contribution is 5.86. The van der Waals surface area contributed by atoms with Crippen LogP contribution in [0, 0.1) is 0 Å². The van der Waals surface area contributed by atoms with Crippen LogP contribution in [0.3, 0.4) is 0 Å². The van der Waals surface area contributed by atoms with E-state index in [1.54, 1.807) is 23.1 Å². The molecule has 0 atom stereocenters. The van der Waals surface area contributed by atoms with E-state index in [0.29, 0.717) is 6.54 Å². The second-order valence-electron chi connectivity index (χ2n) is 4.61. The topological polar surface area (TPSA) is 88.1 Å². The van der Waals surface area contributed by atoms with Crippen molar-refractivity contribution in [2.24, 2.45) is 14.1 Å². The van der Waals surface area contributed by atoms with E-state index in [2.05, 4.69) is 5.10 Å². The Balaban J connectivity index is 1.98. The molecule has 0 N–H and O–H groups in total. The van der Waals surface area contributed by atoms with Crippen molar-refractivity contribution in [3.8, 4) is 0 Å². The van der Waals surface area contributed by atoms with Crippen molar-refractivity contribution in [3.05, 3.63) is 57.1 Å². The third kappa shape index (κ3) is 3.60. The van der Waals surface area contributed by atoms with Crippen LogP contribution in [0.15, 0.2) is 40.3 Å². The highest BCUT2D eigenvalue weighted by Gasteiger charge is 2.05. The number of rotatable bonds is 5. The number of hydrogen-bond acceptors (Lipinski definition) is 5. The van der Waals surface area contributed by atoms with Crippen LogP contribution in [0.5, 0.6) is 0 Å². The zero-order valence-corrected chi connectivity index (χ0v) is 12.3. The monoisotopic (exact) mass is 304 g/mol. The van der Waals surface area contributed by atoms with Gasteiger partial charge in [0.1, 0.15) is 6.61 Å². The highest BCUT2D eigenvalue weighted by atomic mass is 16.5. The molecule has 2 aromatic heterocycles. The summed E-state index contributed by atoms with van der Waals surface area (Å²) in [6.07, 6.45) is 7.26. The fourth-order valence-corrected chi connectivity index (χ4v) is 1.83. The van der Waals surface area contributed by atoms with E-state index >= 15 is 0 Å². The number of hydrogen-bond donors (Lipinski definition) is 0. The van der Waals surface area contributed by atoms with Crippen LogP contribution in [0.2, 0.25) is 0 Å². The minimum atomic E-state index is -0.567. The lowest BCUT2D eigenvalue weighted by Crippen LogP contribution is -2.37. The first kappa shape index (κ1) is 15.5. The van der Waals surface area contributed by atoms with Gasteiger partial charge < -0.3 is 9.30 Å². The van der Waals surface area contributed by atoms with Crippen LogP contribution in [0.4, 0.5) is 0 Å². The molecule has 0 spiro atoms. The maximum absolute atomic E-state index is 11.9. The summed E-state index contributed by atoms with van der Waals surface area (Å²) in [5, 5.41) is 3.98. The molecule has 0 bridgehead atoms. The van der Waals surface area contributed by atoms with Crippen molar-refractivity contribution in [2.45, 2.75) is 6.54 Å². The maximum atomic E-state index is 11.9. The summed E-state index contributed by atoms with van der Waals surface area (Å²) in [5.41, 5.74) is -0.665. The van der Waals surface area contributed by atoms with Gasteiger partial charge in [0.25, 0.3) is 5.56 Å². The summed E-state index contributed by atoms with van der Waals surface area (Å²) < 4.78 is 8.88. The SMILES string of the molecule is Cn1cc(/C=C/C(=O)OCCn2cccn2)c(=O)n(C)c1=O. The van der Waals surface area contributed by atoms with Crippen LogP contribution in [0.1, 0.15) is 5.56 Å². The smallest absolute Gasteiger partial charge is 0.330 e. The molecule has 0 unspecified atom stereocenters. The van der Waals surface area contributed by atoms with Gasteiger partial charge in [0, 0.05) is 38.8 Å². The average molecular weight is 304 g/mol. The molecule has 0 amide bonds. The number of carbonyl (C=O) groups is 1.